The molecule has 5 heteroatoms. The van der Waals surface area contributed by atoms with Gasteiger partial charge in [0.2, 0.25) is 0 Å². The summed E-state index contributed by atoms with van der Waals surface area (Å²) < 4.78 is 26.5. The third-order valence-corrected chi connectivity index (χ3v) is 3.45. The number of anilines is 2. The predicted molar refractivity (Wildman–Crippen MR) is 67.2 cm³/mol. The van der Waals surface area contributed by atoms with Gasteiger partial charge in [-0.15, -0.1) is 0 Å². The number of thiophene rings is 1. The molecular formula is C12H12F2N2S. The standard InChI is InChI=1S/C12H12F2N2S/c1-7-5-17-6-8(7)4-16-12-10(15)3-2-9(13)11(12)14/h2-3,5-6,16H,4,15H2,1H3. The van der Waals surface area contributed by atoms with Gasteiger partial charge in [-0.1, -0.05) is 0 Å². The van der Waals surface area contributed by atoms with Gasteiger partial charge in [-0.3, -0.25) is 0 Å². The van der Waals surface area contributed by atoms with Gasteiger partial charge in [0.1, 0.15) is 0 Å². The quantitative estimate of drug-likeness (QED) is 0.822. The van der Waals surface area contributed by atoms with Gasteiger partial charge < -0.3 is 11.1 Å². The van der Waals surface area contributed by atoms with E-state index in [2.05, 4.69) is 5.32 Å². The summed E-state index contributed by atoms with van der Waals surface area (Å²) in [5, 5.41) is 6.80. The molecule has 2 rings (SSSR count). The Labute approximate surface area is 102 Å². The zero-order chi connectivity index (χ0) is 12.4. The number of nitrogen functional groups attached to an aromatic ring is 1. The Hall–Kier alpha value is -1.62. The highest BCUT2D eigenvalue weighted by Gasteiger charge is 2.11. The maximum atomic E-state index is 13.5. The third-order valence-electron chi connectivity index (χ3n) is 2.54. The molecule has 0 radical (unpaired) electrons. The fourth-order valence-electron chi connectivity index (χ4n) is 1.50. The van der Waals surface area contributed by atoms with Crippen LogP contribution in [0.4, 0.5) is 20.2 Å². The van der Waals surface area contributed by atoms with Crippen LogP contribution in [0.1, 0.15) is 11.1 Å². The molecule has 0 unspecified atom stereocenters. The molecule has 0 saturated heterocycles. The fraction of sp³-hybridized carbons (Fsp3) is 0.167. The molecule has 0 spiro atoms. The van der Waals surface area contributed by atoms with Crippen molar-refractivity contribution in [2.24, 2.45) is 0 Å². The van der Waals surface area contributed by atoms with Crippen molar-refractivity contribution in [3.63, 3.8) is 0 Å². The lowest BCUT2D eigenvalue weighted by molar-refractivity contribution is 0.511. The van der Waals surface area contributed by atoms with E-state index in [1.54, 1.807) is 11.3 Å². The second-order valence-electron chi connectivity index (χ2n) is 3.76. The highest BCUT2D eigenvalue weighted by molar-refractivity contribution is 7.08. The van der Waals surface area contributed by atoms with Crippen molar-refractivity contribution in [1.82, 2.24) is 0 Å². The monoisotopic (exact) mass is 254 g/mol. The number of nitrogens with one attached hydrogen (secondary N) is 1. The average Bonchev–Trinajstić information content (AvgIpc) is 2.70. The maximum Gasteiger partial charge on any atom is 0.183 e. The van der Waals surface area contributed by atoms with E-state index in [1.807, 2.05) is 17.7 Å². The third kappa shape index (κ3) is 2.39. The first-order chi connectivity index (χ1) is 8.09. The number of hydrogen-bond donors (Lipinski definition) is 2. The minimum Gasteiger partial charge on any atom is -0.397 e. The Kier molecular flexibility index (Phi) is 3.28. The van der Waals surface area contributed by atoms with Crippen molar-refractivity contribution in [3.8, 4) is 0 Å². The van der Waals surface area contributed by atoms with Crippen LogP contribution < -0.4 is 11.1 Å². The van der Waals surface area contributed by atoms with Crippen LogP contribution in [-0.4, -0.2) is 0 Å². The zero-order valence-corrected chi connectivity index (χ0v) is 10.1. The molecule has 0 bridgehead atoms. The SMILES string of the molecule is Cc1cscc1CNc1c(N)ccc(F)c1F. The molecule has 2 aromatic rings. The molecule has 2 nitrogen and oxygen atoms in total. The Bertz CT molecular complexity index is 537. The molecule has 0 aliphatic carbocycles. The van der Waals surface area contributed by atoms with E-state index in [0.29, 0.717) is 6.54 Å². The van der Waals surface area contributed by atoms with Crippen LogP contribution >= 0.6 is 11.3 Å². The number of rotatable bonds is 3. The van der Waals surface area contributed by atoms with Gasteiger partial charge in [-0.05, 0) is 40.9 Å². The lowest BCUT2D eigenvalue weighted by Gasteiger charge is -2.10. The van der Waals surface area contributed by atoms with Gasteiger partial charge in [0.05, 0.1) is 11.4 Å². The fourth-order valence-corrected chi connectivity index (χ4v) is 2.35. The molecule has 0 atom stereocenters. The van der Waals surface area contributed by atoms with Gasteiger partial charge in [-0.25, -0.2) is 8.78 Å². The second kappa shape index (κ2) is 4.71. The van der Waals surface area contributed by atoms with E-state index in [9.17, 15) is 8.78 Å². The molecular weight excluding hydrogens is 242 g/mol. The summed E-state index contributed by atoms with van der Waals surface area (Å²) >= 11 is 1.57. The number of nitrogens with two attached hydrogens (primary N) is 1. The molecule has 0 aliphatic heterocycles. The molecule has 17 heavy (non-hydrogen) atoms. The summed E-state index contributed by atoms with van der Waals surface area (Å²) in [7, 11) is 0. The first-order valence-corrected chi connectivity index (χ1v) is 6.03. The maximum absolute atomic E-state index is 13.5. The van der Waals surface area contributed by atoms with Crippen LogP contribution in [0, 0.1) is 18.6 Å². The summed E-state index contributed by atoms with van der Waals surface area (Å²) in [6.45, 7) is 2.40. The Morgan fingerprint density at radius 1 is 1.29 bits per heavy atom. The van der Waals surface area contributed by atoms with Crippen molar-refractivity contribution < 1.29 is 8.78 Å². The van der Waals surface area contributed by atoms with Crippen LogP contribution in [0.5, 0.6) is 0 Å². The summed E-state index contributed by atoms with van der Waals surface area (Å²) in [6, 6.07) is 2.37. The van der Waals surface area contributed by atoms with Gasteiger partial charge >= 0.3 is 0 Å². The first kappa shape index (κ1) is 11.9. The molecule has 1 heterocycles. The number of aryl methyl sites for hydroxylation is 1. The molecule has 1 aromatic carbocycles. The highest BCUT2D eigenvalue weighted by Crippen LogP contribution is 2.25. The average molecular weight is 254 g/mol. The Morgan fingerprint density at radius 2 is 2.06 bits per heavy atom. The second-order valence-corrected chi connectivity index (χ2v) is 4.50. The van der Waals surface area contributed by atoms with Gasteiger partial charge in [0.25, 0.3) is 0 Å². The minimum atomic E-state index is -0.933. The minimum absolute atomic E-state index is 0.0237. The van der Waals surface area contributed by atoms with E-state index in [4.69, 9.17) is 5.73 Å². The smallest absolute Gasteiger partial charge is 0.183 e. The highest BCUT2D eigenvalue weighted by atomic mass is 32.1. The normalized spacial score (nSPS) is 10.5. The van der Waals surface area contributed by atoms with Crippen molar-refractivity contribution in [3.05, 3.63) is 45.7 Å². The van der Waals surface area contributed by atoms with E-state index in [1.165, 1.54) is 6.07 Å². The van der Waals surface area contributed by atoms with Crippen LogP contribution in [0.2, 0.25) is 0 Å². The van der Waals surface area contributed by atoms with E-state index >= 15 is 0 Å². The summed E-state index contributed by atoms with van der Waals surface area (Å²) in [6.07, 6.45) is 0. The molecule has 90 valence electrons. The van der Waals surface area contributed by atoms with E-state index in [-0.39, 0.29) is 11.4 Å². The number of halogens is 2. The molecule has 3 N–H and O–H groups in total. The zero-order valence-electron chi connectivity index (χ0n) is 9.26. The lowest BCUT2D eigenvalue weighted by Crippen LogP contribution is -2.06. The lowest BCUT2D eigenvalue weighted by atomic mass is 10.2. The van der Waals surface area contributed by atoms with Crippen LogP contribution in [0.3, 0.4) is 0 Å². The van der Waals surface area contributed by atoms with E-state index in [0.717, 1.165) is 17.2 Å². The molecule has 0 saturated carbocycles. The molecule has 0 amide bonds. The summed E-state index contributed by atoms with van der Waals surface area (Å²) in [4.78, 5) is 0. The Balaban J connectivity index is 2.20. The van der Waals surface area contributed by atoms with Crippen LogP contribution in [-0.2, 0) is 6.54 Å². The van der Waals surface area contributed by atoms with Gasteiger partial charge in [0.15, 0.2) is 11.6 Å². The molecule has 1 aromatic heterocycles. The van der Waals surface area contributed by atoms with Crippen molar-refractivity contribution >= 4 is 22.7 Å². The predicted octanol–water partition coefficient (Wildman–Crippen LogP) is 3.53. The number of benzene rings is 1. The van der Waals surface area contributed by atoms with Crippen molar-refractivity contribution in [2.45, 2.75) is 13.5 Å². The topological polar surface area (TPSA) is 38.0 Å². The van der Waals surface area contributed by atoms with Crippen molar-refractivity contribution in [1.29, 1.82) is 0 Å². The number of hydrogen-bond acceptors (Lipinski definition) is 3. The van der Waals surface area contributed by atoms with Crippen LogP contribution in [0.15, 0.2) is 22.9 Å². The largest absolute Gasteiger partial charge is 0.397 e. The molecule has 0 aliphatic rings. The Morgan fingerprint density at radius 3 is 2.71 bits per heavy atom. The molecule has 0 fully saturated rings. The summed E-state index contributed by atoms with van der Waals surface area (Å²) in [5.74, 6) is -1.83. The van der Waals surface area contributed by atoms with E-state index < -0.39 is 11.6 Å². The van der Waals surface area contributed by atoms with Crippen molar-refractivity contribution in [2.75, 3.05) is 11.1 Å². The first-order valence-electron chi connectivity index (χ1n) is 5.08. The summed E-state index contributed by atoms with van der Waals surface area (Å²) in [5.41, 5.74) is 8.01. The van der Waals surface area contributed by atoms with Gasteiger partial charge in [0, 0.05) is 6.54 Å². The van der Waals surface area contributed by atoms with Gasteiger partial charge in [-0.2, -0.15) is 11.3 Å². The van der Waals surface area contributed by atoms with Crippen LogP contribution in [0.25, 0.3) is 0 Å².